The van der Waals surface area contributed by atoms with E-state index in [2.05, 4.69) is 0 Å². The average molecular weight is 169 g/mol. The van der Waals surface area contributed by atoms with Crippen LogP contribution in [0.4, 0.5) is 0 Å². The maximum atomic E-state index is 10.3. The Hall–Kier alpha value is -1.65. The summed E-state index contributed by atoms with van der Waals surface area (Å²) >= 11 is 0. The molecule has 0 heterocycles. The van der Waals surface area contributed by atoms with Crippen LogP contribution in [-0.2, 0) is 4.79 Å². The summed E-state index contributed by atoms with van der Waals surface area (Å²) in [6.45, 7) is 0. The van der Waals surface area contributed by atoms with Gasteiger partial charge in [-0.2, -0.15) is 0 Å². The number of carboxylic acid groups (broad SMARTS) is 1. The summed E-state index contributed by atoms with van der Waals surface area (Å²) in [6, 6.07) is -0.770. The van der Waals surface area contributed by atoms with Crippen molar-refractivity contribution in [3.63, 3.8) is 0 Å². The lowest BCUT2D eigenvalue weighted by Crippen LogP contribution is -2.18. The fourth-order valence-corrected chi connectivity index (χ4v) is 0.924. The molecule has 1 atom stereocenters. The second-order valence-electron chi connectivity index (χ2n) is 2.41. The van der Waals surface area contributed by atoms with Crippen LogP contribution >= 0.6 is 0 Å². The van der Waals surface area contributed by atoms with Crippen molar-refractivity contribution in [1.29, 1.82) is 0 Å². The molecule has 1 aliphatic rings. The summed E-state index contributed by atoms with van der Waals surface area (Å²) in [6.07, 6.45) is 4.07. The Balaban J connectivity index is 2.68. The highest BCUT2D eigenvalue weighted by atomic mass is 16.6. The van der Waals surface area contributed by atoms with Gasteiger partial charge in [-0.1, -0.05) is 6.08 Å². The highest BCUT2D eigenvalue weighted by Crippen LogP contribution is 2.12. The molecule has 1 aliphatic carbocycles. The summed E-state index contributed by atoms with van der Waals surface area (Å²) in [4.78, 5) is 20.1. The van der Waals surface area contributed by atoms with Crippen LogP contribution in [0.3, 0.4) is 0 Å². The zero-order valence-electron chi connectivity index (χ0n) is 6.14. The molecule has 0 amide bonds. The number of rotatable bonds is 2. The first kappa shape index (κ1) is 8.45. The van der Waals surface area contributed by atoms with E-state index < -0.39 is 16.9 Å². The van der Waals surface area contributed by atoms with Gasteiger partial charge in [-0.25, -0.2) is 4.79 Å². The first-order chi connectivity index (χ1) is 5.61. The third-order valence-corrected chi connectivity index (χ3v) is 1.59. The van der Waals surface area contributed by atoms with Gasteiger partial charge in [0.05, 0.1) is 5.57 Å². The lowest BCUT2D eigenvalue weighted by Gasteiger charge is -2.06. The highest BCUT2D eigenvalue weighted by Gasteiger charge is 2.19. The van der Waals surface area contributed by atoms with Crippen LogP contribution in [0.1, 0.15) is 6.42 Å². The molecule has 1 unspecified atom stereocenters. The van der Waals surface area contributed by atoms with Crippen molar-refractivity contribution in [2.75, 3.05) is 0 Å². The molecule has 0 aromatic carbocycles. The standard InChI is InChI=1S/C7H7NO4/c9-7(10)5-1-3-6(4-2-5)8(11)12/h1-3,6H,4H2,(H,9,10). The van der Waals surface area contributed by atoms with Crippen LogP contribution in [0.2, 0.25) is 0 Å². The summed E-state index contributed by atoms with van der Waals surface area (Å²) < 4.78 is 0. The minimum absolute atomic E-state index is 0.119. The first-order valence-electron chi connectivity index (χ1n) is 3.36. The van der Waals surface area contributed by atoms with Gasteiger partial charge in [0.25, 0.3) is 0 Å². The van der Waals surface area contributed by atoms with Gasteiger partial charge in [-0.3, -0.25) is 10.1 Å². The van der Waals surface area contributed by atoms with E-state index in [1.165, 1.54) is 18.2 Å². The van der Waals surface area contributed by atoms with Crippen molar-refractivity contribution in [1.82, 2.24) is 0 Å². The highest BCUT2D eigenvalue weighted by molar-refractivity contribution is 5.90. The summed E-state index contributed by atoms with van der Waals surface area (Å²) in [5.41, 5.74) is 0.119. The zero-order valence-corrected chi connectivity index (χ0v) is 6.14. The van der Waals surface area contributed by atoms with Crippen LogP contribution in [0.15, 0.2) is 23.8 Å². The Bertz CT molecular complexity index is 279. The Kier molecular flexibility index (Phi) is 2.23. The molecule has 5 nitrogen and oxygen atoms in total. The van der Waals surface area contributed by atoms with E-state index in [-0.39, 0.29) is 12.0 Å². The van der Waals surface area contributed by atoms with Gasteiger partial charge in [-0.05, 0) is 12.2 Å². The Morgan fingerprint density at radius 3 is 2.75 bits per heavy atom. The van der Waals surface area contributed by atoms with Gasteiger partial charge in [0, 0.05) is 11.3 Å². The number of aliphatic carboxylic acids is 1. The largest absolute Gasteiger partial charge is 0.478 e. The fraction of sp³-hybridized carbons (Fsp3) is 0.286. The second-order valence-corrected chi connectivity index (χ2v) is 2.41. The molecule has 0 aliphatic heterocycles. The zero-order chi connectivity index (χ0) is 9.14. The topological polar surface area (TPSA) is 80.4 Å². The van der Waals surface area contributed by atoms with Crippen molar-refractivity contribution < 1.29 is 14.8 Å². The van der Waals surface area contributed by atoms with Crippen molar-refractivity contribution in [2.24, 2.45) is 0 Å². The van der Waals surface area contributed by atoms with E-state index in [0.717, 1.165) is 0 Å². The van der Waals surface area contributed by atoms with E-state index in [1.54, 1.807) is 0 Å². The number of nitro groups is 1. The Labute approximate surface area is 68.2 Å². The quantitative estimate of drug-likeness (QED) is 0.484. The molecule has 64 valence electrons. The third-order valence-electron chi connectivity index (χ3n) is 1.59. The van der Waals surface area contributed by atoms with Crippen LogP contribution < -0.4 is 0 Å². The second kappa shape index (κ2) is 3.17. The summed E-state index contributed by atoms with van der Waals surface area (Å²) in [7, 11) is 0. The number of hydrogen-bond acceptors (Lipinski definition) is 3. The molecule has 0 fully saturated rings. The molecular weight excluding hydrogens is 162 g/mol. The van der Waals surface area contributed by atoms with E-state index in [9.17, 15) is 14.9 Å². The van der Waals surface area contributed by atoms with Crippen molar-refractivity contribution in [3.8, 4) is 0 Å². The molecule has 0 aromatic heterocycles. The number of carboxylic acids is 1. The van der Waals surface area contributed by atoms with Gasteiger partial charge in [-0.15, -0.1) is 0 Å². The lowest BCUT2D eigenvalue weighted by molar-refractivity contribution is -0.508. The van der Waals surface area contributed by atoms with Crippen LogP contribution in [0.25, 0.3) is 0 Å². The van der Waals surface area contributed by atoms with E-state index in [1.807, 2.05) is 0 Å². The molecule has 1 N–H and O–H groups in total. The maximum absolute atomic E-state index is 10.3. The van der Waals surface area contributed by atoms with Crippen LogP contribution in [-0.4, -0.2) is 22.0 Å². The average Bonchev–Trinajstić information content (AvgIpc) is 2.04. The van der Waals surface area contributed by atoms with Crippen molar-refractivity contribution >= 4 is 5.97 Å². The monoisotopic (exact) mass is 169 g/mol. The number of nitrogens with zero attached hydrogens (tertiary/aromatic N) is 1. The Morgan fingerprint density at radius 2 is 2.42 bits per heavy atom. The Morgan fingerprint density at radius 1 is 1.75 bits per heavy atom. The van der Waals surface area contributed by atoms with Gasteiger partial charge in [0.15, 0.2) is 0 Å². The molecule has 0 spiro atoms. The first-order valence-corrected chi connectivity index (χ1v) is 3.36. The SMILES string of the molecule is O=C(O)C1=CCC([N+](=O)[O-])C=C1. The van der Waals surface area contributed by atoms with Gasteiger partial charge in [0.2, 0.25) is 6.04 Å². The maximum Gasteiger partial charge on any atom is 0.335 e. The smallest absolute Gasteiger partial charge is 0.335 e. The van der Waals surface area contributed by atoms with Gasteiger partial charge < -0.3 is 5.11 Å². The van der Waals surface area contributed by atoms with Gasteiger partial charge in [0.1, 0.15) is 0 Å². The summed E-state index contributed by atoms with van der Waals surface area (Å²) in [5.74, 6) is -1.05. The minimum atomic E-state index is -1.05. The number of carbonyl (C=O) groups is 1. The predicted molar refractivity (Wildman–Crippen MR) is 40.3 cm³/mol. The molecule has 0 bridgehead atoms. The molecule has 12 heavy (non-hydrogen) atoms. The summed E-state index contributed by atoms with van der Waals surface area (Å²) in [5, 5.41) is 18.7. The van der Waals surface area contributed by atoms with Crippen LogP contribution in [0.5, 0.6) is 0 Å². The van der Waals surface area contributed by atoms with Crippen LogP contribution in [0, 0.1) is 10.1 Å². The fourth-order valence-electron chi connectivity index (χ4n) is 0.924. The molecule has 0 radical (unpaired) electrons. The minimum Gasteiger partial charge on any atom is -0.478 e. The third kappa shape index (κ3) is 1.69. The molecule has 0 aromatic rings. The lowest BCUT2D eigenvalue weighted by atomic mass is 10.0. The predicted octanol–water partition coefficient (Wildman–Crippen LogP) is 0.603. The van der Waals surface area contributed by atoms with Crippen molar-refractivity contribution in [3.05, 3.63) is 33.9 Å². The normalized spacial score (nSPS) is 21.7. The van der Waals surface area contributed by atoms with E-state index in [4.69, 9.17) is 5.11 Å². The van der Waals surface area contributed by atoms with Crippen molar-refractivity contribution in [2.45, 2.75) is 12.5 Å². The molecule has 1 rings (SSSR count). The molecule has 0 saturated heterocycles. The number of hydrogen-bond donors (Lipinski definition) is 1. The molecule has 0 saturated carbocycles. The molecular formula is C7H7NO4. The van der Waals surface area contributed by atoms with E-state index in [0.29, 0.717) is 0 Å². The van der Waals surface area contributed by atoms with Gasteiger partial charge >= 0.3 is 5.97 Å². The molecule has 5 heteroatoms. The van der Waals surface area contributed by atoms with E-state index >= 15 is 0 Å².